The van der Waals surface area contributed by atoms with Crippen molar-refractivity contribution in [3.63, 3.8) is 0 Å². The van der Waals surface area contributed by atoms with Gasteiger partial charge in [0.25, 0.3) is 5.91 Å². The Morgan fingerprint density at radius 2 is 1.51 bits per heavy atom. The minimum Gasteiger partial charge on any atom is -0.387 e. The molecule has 2 atom stereocenters. The molecule has 0 fully saturated rings. The van der Waals surface area contributed by atoms with Crippen LogP contribution in [0, 0.1) is 0 Å². The number of carbonyl (C=O) groups excluding carboxylic acids is 2. The predicted octanol–water partition coefficient (Wildman–Crippen LogP) is 2.35. The van der Waals surface area contributed by atoms with Gasteiger partial charge in [-0.25, -0.2) is 18.5 Å². The number of hydrogen-bond donors (Lipinski definition) is 6. The van der Waals surface area contributed by atoms with Crippen LogP contribution in [-0.4, -0.2) is 42.9 Å². The van der Waals surface area contributed by atoms with Crippen LogP contribution >= 0.6 is 0 Å². The maximum absolute atomic E-state index is 12.7. The molecule has 0 unspecified atom stereocenters. The average Bonchev–Trinajstić information content (AvgIpc) is 3.02. The number of anilines is 1. The van der Waals surface area contributed by atoms with Gasteiger partial charge in [-0.05, 0) is 65.9 Å². The van der Waals surface area contributed by atoms with Gasteiger partial charge in [0, 0.05) is 43.0 Å². The van der Waals surface area contributed by atoms with Crippen LogP contribution < -0.4 is 26.8 Å². The number of rotatable bonds is 14. The lowest BCUT2D eigenvalue weighted by Crippen LogP contribution is -2.32. The molecule has 0 saturated carbocycles. The fourth-order valence-electron chi connectivity index (χ4n) is 4.64. The number of benzene rings is 3. The normalized spacial score (nSPS) is 12.7. The molecule has 0 saturated heterocycles. The average molecular weight is 631 g/mol. The van der Waals surface area contributed by atoms with Crippen LogP contribution in [0.1, 0.15) is 51.2 Å². The summed E-state index contributed by atoms with van der Waals surface area (Å²) < 4.78 is 22.8. The van der Waals surface area contributed by atoms with Crippen LogP contribution in [0.5, 0.6) is 0 Å². The minimum atomic E-state index is -3.77. The Morgan fingerprint density at radius 3 is 2.16 bits per heavy atom. The van der Waals surface area contributed by atoms with Gasteiger partial charge in [-0.15, -0.1) is 0 Å². The van der Waals surface area contributed by atoms with Gasteiger partial charge in [-0.1, -0.05) is 54.6 Å². The number of aromatic nitrogens is 1. The first-order valence-corrected chi connectivity index (χ1v) is 16.0. The van der Waals surface area contributed by atoms with E-state index in [-0.39, 0.29) is 35.7 Å². The number of hydrogen-bond acceptors (Lipinski definition) is 8. The number of nitrogens with two attached hydrogens (primary N) is 2. The summed E-state index contributed by atoms with van der Waals surface area (Å²) in [6.45, 7) is 2.97. The molecule has 3 aromatic carbocycles. The summed E-state index contributed by atoms with van der Waals surface area (Å²) in [6, 6.07) is 24.3. The molecule has 0 radical (unpaired) electrons. The van der Waals surface area contributed by atoms with Crippen LogP contribution in [0.4, 0.5) is 5.82 Å². The first kappa shape index (κ1) is 33.3. The van der Waals surface area contributed by atoms with Crippen LogP contribution in [0.15, 0.2) is 96.0 Å². The second-order valence-corrected chi connectivity index (χ2v) is 12.4. The van der Waals surface area contributed by atoms with E-state index in [4.69, 9.17) is 10.9 Å². The van der Waals surface area contributed by atoms with Crippen molar-refractivity contribution in [2.75, 3.05) is 12.3 Å². The van der Waals surface area contributed by atoms with Crippen LogP contribution in [-0.2, 0) is 40.7 Å². The summed E-state index contributed by atoms with van der Waals surface area (Å²) in [6.07, 6.45) is 1.84. The molecule has 0 spiro atoms. The third kappa shape index (κ3) is 10.5. The molecule has 45 heavy (non-hydrogen) atoms. The topological polar surface area (TPSA) is 190 Å². The van der Waals surface area contributed by atoms with E-state index in [1.54, 1.807) is 54.7 Å². The highest BCUT2D eigenvalue weighted by atomic mass is 32.2. The highest BCUT2D eigenvalue weighted by molar-refractivity contribution is 7.89. The van der Waals surface area contributed by atoms with Crippen molar-refractivity contribution in [1.29, 1.82) is 0 Å². The molecule has 1 aromatic heterocycles. The van der Waals surface area contributed by atoms with Crippen LogP contribution in [0.3, 0.4) is 0 Å². The second kappa shape index (κ2) is 15.4. The highest BCUT2D eigenvalue weighted by Gasteiger charge is 2.12. The number of nitrogens with zero attached hydrogens (tertiary/aromatic N) is 1. The highest BCUT2D eigenvalue weighted by Crippen LogP contribution is 2.14. The van der Waals surface area contributed by atoms with E-state index in [0.29, 0.717) is 30.0 Å². The quantitative estimate of drug-likeness (QED) is 0.122. The number of aliphatic hydroxyl groups is 1. The standard InChI is InChI=1S/C33H38N6O5S/c1-22(36-21-30(40)28-11-14-31(34)37-20-28)15-25-3-2-4-26(16-25)17-32(41)38-18-23-5-9-27(10-6-23)33(42)39-19-24-7-12-29(13-8-24)45(35,43)44/h2-14,16,20,22,30,36,40H,15,17-19,21H2,1H3,(H2,34,37)(H,38,41)(H,39,42)(H2,35,43,44)/t22-,30-/m1/s1. The number of primary sulfonamides is 1. The lowest BCUT2D eigenvalue weighted by molar-refractivity contribution is -0.120. The third-order valence-electron chi connectivity index (χ3n) is 7.16. The Morgan fingerprint density at radius 1 is 0.867 bits per heavy atom. The Kier molecular flexibility index (Phi) is 11.4. The molecular weight excluding hydrogens is 592 g/mol. The van der Waals surface area contributed by atoms with Gasteiger partial charge in [0.2, 0.25) is 15.9 Å². The Bertz CT molecular complexity index is 1700. The molecule has 0 aliphatic carbocycles. The van der Waals surface area contributed by atoms with E-state index in [1.807, 2.05) is 31.2 Å². The fourth-order valence-corrected chi connectivity index (χ4v) is 5.16. The SMILES string of the molecule is C[C@H](Cc1cccc(CC(=O)NCc2ccc(C(=O)NCc3ccc(S(N)(=O)=O)cc3)cc2)c1)NC[C@@H](O)c1ccc(N)nc1. The van der Waals surface area contributed by atoms with Gasteiger partial charge in [-0.2, -0.15) is 0 Å². The minimum absolute atomic E-state index is 0.00887. The molecule has 11 nitrogen and oxygen atoms in total. The zero-order valence-electron chi connectivity index (χ0n) is 24.9. The van der Waals surface area contributed by atoms with Crippen LogP contribution in [0.25, 0.3) is 0 Å². The smallest absolute Gasteiger partial charge is 0.251 e. The van der Waals surface area contributed by atoms with Gasteiger partial charge < -0.3 is 26.8 Å². The zero-order valence-corrected chi connectivity index (χ0v) is 25.8. The number of pyridine rings is 1. The second-order valence-electron chi connectivity index (χ2n) is 10.9. The van der Waals surface area contributed by atoms with Gasteiger partial charge in [0.1, 0.15) is 5.82 Å². The summed E-state index contributed by atoms with van der Waals surface area (Å²) in [5.74, 6) is 0.0140. The van der Waals surface area contributed by atoms with Gasteiger partial charge in [-0.3, -0.25) is 9.59 Å². The molecule has 0 aliphatic heterocycles. The molecule has 4 aromatic rings. The Hall–Kier alpha value is -4.62. The van der Waals surface area contributed by atoms with E-state index in [0.717, 1.165) is 28.7 Å². The number of amides is 2. The number of aliphatic hydroxyl groups excluding tert-OH is 1. The number of nitrogen functional groups attached to an aromatic ring is 1. The lowest BCUT2D eigenvalue weighted by atomic mass is 10.0. The summed E-state index contributed by atoms with van der Waals surface area (Å²) in [7, 11) is -3.77. The van der Waals surface area contributed by atoms with Crippen LogP contribution in [0.2, 0.25) is 0 Å². The number of nitrogens with one attached hydrogen (secondary N) is 3. The van der Waals surface area contributed by atoms with E-state index in [1.165, 1.54) is 12.1 Å². The number of carbonyl (C=O) groups is 2. The fraction of sp³-hybridized carbons (Fsp3) is 0.242. The predicted molar refractivity (Wildman–Crippen MR) is 172 cm³/mol. The molecule has 8 N–H and O–H groups in total. The largest absolute Gasteiger partial charge is 0.387 e. The molecular formula is C33H38N6O5S. The van der Waals surface area contributed by atoms with E-state index < -0.39 is 16.1 Å². The molecule has 0 aliphatic rings. The summed E-state index contributed by atoms with van der Waals surface area (Å²) >= 11 is 0. The van der Waals surface area contributed by atoms with Crippen molar-refractivity contribution < 1.29 is 23.1 Å². The monoisotopic (exact) mass is 630 g/mol. The van der Waals surface area contributed by atoms with E-state index in [9.17, 15) is 23.1 Å². The van der Waals surface area contributed by atoms with E-state index in [2.05, 4.69) is 20.9 Å². The summed E-state index contributed by atoms with van der Waals surface area (Å²) in [5, 5.41) is 24.6. The third-order valence-corrected chi connectivity index (χ3v) is 8.09. The van der Waals surface area contributed by atoms with Gasteiger partial charge in [0.05, 0.1) is 17.4 Å². The summed E-state index contributed by atoms with van der Waals surface area (Å²) in [5.41, 5.74) is 10.3. The Labute approximate surface area is 263 Å². The van der Waals surface area contributed by atoms with Crippen molar-refractivity contribution in [1.82, 2.24) is 20.9 Å². The van der Waals surface area contributed by atoms with E-state index >= 15 is 0 Å². The number of sulfonamides is 1. The van der Waals surface area contributed by atoms with Gasteiger partial charge >= 0.3 is 0 Å². The molecule has 1 heterocycles. The lowest BCUT2D eigenvalue weighted by Gasteiger charge is -2.18. The molecule has 236 valence electrons. The molecule has 4 rings (SSSR count). The Balaban J connectivity index is 1.19. The van der Waals surface area contributed by atoms with Crippen molar-refractivity contribution in [2.24, 2.45) is 5.14 Å². The molecule has 0 bridgehead atoms. The maximum atomic E-state index is 12.7. The van der Waals surface area contributed by atoms with Gasteiger partial charge in [0.15, 0.2) is 0 Å². The van der Waals surface area contributed by atoms with Crippen molar-refractivity contribution in [2.45, 2.75) is 49.9 Å². The van der Waals surface area contributed by atoms with Crippen molar-refractivity contribution in [3.05, 3.63) is 125 Å². The first-order chi connectivity index (χ1) is 21.5. The van der Waals surface area contributed by atoms with Crippen molar-refractivity contribution in [3.8, 4) is 0 Å². The maximum Gasteiger partial charge on any atom is 0.251 e. The first-order valence-electron chi connectivity index (χ1n) is 14.4. The van der Waals surface area contributed by atoms with Crippen molar-refractivity contribution >= 4 is 27.7 Å². The zero-order chi connectivity index (χ0) is 32.4. The molecule has 12 heteroatoms. The molecule has 2 amide bonds. The summed E-state index contributed by atoms with van der Waals surface area (Å²) in [4.78, 5) is 29.2.